The van der Waals surface area contributed by atoms with Gasteiger partial charge in [-0.15, -0.1) is 0 Å². The van der Waals surface area contributed by atoms with Crippen molar-refractivity contribution < 1.29 is 4.74 Å². The van der Waals surface area contributed by atoms with Gasteiger partial charge in [-0.05, 0) is 6.04 Å². The summed E-state index contributed by atoms with van der Waals surface area (Å²) in [7, 11) is -1.03. The Labute approximate surface area is 139 Å². The molecule has 2 heterocycles. The summed E-state index contributed by atoms with van der Waals surface area (Å²) in [6.45, 7) is 11.9. The number of imidazole rings is 1. The molecule has 1 aromatic heterocycles. The third-order valence-electron chi connectivity index (χ3n) is 3.97. The summed E-state index contributed by atoms with van der Waals surface area (Å²) in [6.07, 6.45) is 2.89. The number of rotatable bonds is 8. The molecule has 0 radical (unpaired) electrons. The Bertz CT molecular complexity index is 455. The highest BCUT2D eigenvalue weighted by Crippen LogP contribution is 2.13. The van der Waals surface area contributed by atoms with Crippen molar-refractivity contribution in [2.24, 2.45) is 0 Å². The Balaban J connectivity index is 1.79. The standard InChI is InChI=1S/C15H30N4OSSi/c1-22(2,3)11-8-20-13-19-14(12-17-15(19)16)4-5-18-6-9-21-10-7-18/h12H,4-11,13H2,1-3H3,(H2,16,17). The first-order chi connectivity index (χ1) is 10.5. The van der Waals surface area contributed by atoms with Gasteiger partial charge in [0.05, 0.1) is 6.20 Å². The van der Waals surface area contributed by atoms with Crippen LogP contribution < -0.4 is 5.73 Å². The summed E-state index contributed by atoms with van der Waals surface area (Å²) in [4.78, 5) is 6.78. The van der Waals surface area contributed by atoms with Crippen LogP contribution in [0.2, 0.25) is 25.7 Å². The largest absolute Gasteiger partial charge is 0.369 e. The molecule has 0 atom stereocenters. The van der Waals surface area contributed by atoms with Crippen molar-refractivity contribution in [3.8, 4) is 0 Å². The summed E-state index contributed by atoms with van der Waals surface area (Å²) < 4.78 is 7.84. The van der Waals surface area contributed by atoms with E-state index in [4.69, 9.17) is 10.5 Å². The van der Waals surface area contributed by atoms with E-state index in [0.29, 0.717) is 12.7 Å². The first-order valence-electron chi connectivity index (χ1n) is 8.13. The Morgan fingerprint density at radius 1 is 1.32 bits per heavy atom. The molecule has 1 aliphatic rings. The second-order valence-electron chi connectivity index (χ2n) is 7.09. The molecule has 1 fully saturated rings. The fourth-order valence-electron chi connectivity index (χ4n) is 2.41. The monoisotopic (exact) mass is 342 g/mol. The van der Waals surface area contributed by atoms with E-state index in [1.807, 2.05) is 22.5 Å². The molecule has 0 unspecified atom stereocenters. The van der Waals surface area contributed by atoms with E-state index in [-0.39, 0.29) is 0 Å². The predicted octanol–water partition coefficient (Wildman–Crippen LogP) is 2.37. The van der Waals surface area contributed by atoms with E-state index in [9.17, 15) is 0 Å². The lowest BCUT2D eigenvalue weighted by molar-refractivity contribution is 0.0865. The van der Waals surface area contributed by atoms with Crippen LogP contribution in [0.1, 0.15) is 5.69 Å². The van der Waals surface area contributed by atoms with Crippen LogP contribution in [0, 0.1) is 0 Å². The molecule has 5 nitrogen and oxygen atoms in total. The van der Waals surface area contributed by atoms with E-state index >= 15 is 0 Å². The lowest BCUT2D eigenvalue weighted by atomic mass is 10.3. The molecule has 22 heavy (non-hydrogen) atoms. The molecule has 0 aliphatic carbocycles. The molecule has 0 spiro atoms. The average Bonchev–Trinajstić information content (AvgIpc) is 2.82. The van der Waals surface area contributed by atoms with Crippen LogP contribution in [-0.2, 0) is 17.9 Å². The molecule has 2 N–H and O–H groups in total. The zero-order chi connectivity index (χ0) is 16.0. The molecular weight excluding hydrogens is 312 g/mol. The van der Waals surface area contributed by atoms with Crippen molar-refractivity contribution >= 4 is 25.8 Å². The van der Waals surface area contributed by atoms with Crippen LogP contribution in [0.15, 0.2) is 6.20 Å². The Hall–Kier alpha value is -0.503. The third-order valence-corrected chi connectivity index (χ3v) is 6.62. The lowest BCUT2D eigenvalue weighted by Gasteiger charge is -2.26. The number of aromatic nitrogens is 2. The first-order valence-corrected chi connectivity index (χ1v) is 13.0. The summed E-state index contributed by atoms with van der Waals surface area (Å²) in [5.74, 6) is 3.07. The summed E-state index contributed by atoms with van der Waals surface area (Å²) in [5.41, 5.74) is 7.17. The molecule has 126 valence electrons. The number of ether oxygens (including phenoxy) is 1. The minimum atomic E-state index is -1.03. The van der Waals surface area contributed by atoms with Crippen LogP contribution in [0.4, 0.5) is 5.95 Å². The number of nitrogens with two attached hydrogens (primary N) is 1. The summed E-state index contributed by atoms with van der Waals surface area (Å²) >= 11 is 2.05. The average molecular weight is 343 g/mol. The molecule has 1 aliphatic heterocycles. The van der Waals surface area contributed by atoms with E-state index in [0.717, 1.165) is 19.6 Å². The summed E-state index contributed by atoms with van der Waals surface area (Å²) in [5, 5.41) is 0. The highest BCUT2D eigenvalue weighted by atomic mass is 32.2. The van der Waals surface area contributed by atoms with Crippen molar-refractivity contribution in [2.75, 3.05) is 43.5 Å². The summed E-state index contributed by atoms with van der Waals surface area (Å²) in [6, 6.07) is 1.18. The molecule has 7 heteroatoms. The van der Waals surface area contributed by atoms with E-state index < -0.39 is 8.07 Å². The van der Waals surface area contributed by atoms with Gasteiger partial charge in [0.25, 0.3) is 0 Å². The van der Waals surface area contributed by atoms with Gasteiger partial charge in [0, 0.05) is 57.9 Å². The molecule has 0 amide bonds. The van der Waals surface area contributed by atoms with Gasteiger partial charge in [0.15, 0.2) is 0 Å². The SMILES string of the molecule is C[Si](C)(C)CCOCn1c(CCN2CCSCC2)cnc1N. The van der Waals surface area contributed by atoms with Gasteiger partial charge in [0.2, 0.25) is 5.95 Å². The van der Waals surface area contributed by atoms with Crippen molar-refractivity contribution in [2.45, 2.75) is 38.8 Å². The molecule has 1 aromatic rings. The highest BCUT2D eigenvalue weighted by Gasteiger charge is 2.14. The number of hydrogen-bond donors (Lipinski definition) is 1. The zero-order valence-electron chi connectivity index (χ0n) is 14.2. The number of hydrogen-bond acceptors (Lipinski definition) is 5. The minimum Gasteiger partial charge on any atom is -0.369 e. The molecule has 0 saturated carbocycles. The van der Waals surface area contributed by atoms with E-state index in [1.54, 1.807) is 0 Å². The topological polar surface area (TPSA) is 56.3 Å². The van der Waals surface area contributed by atoms with Gasteiger partial charge in [-0.1, -0.05) is 19.6 Å². The van der Waals surface area contributed by atoms with Crippen LogP contribution in [0.3, 0.4) is 0 Å². The Morgan fingerprint density at radius 3 is 2.73 bits per heavy atom. The fraction of sp³-hybridized carbons (Fsp3) is 0.800. The van der Waals surface area contributed by atoms with E-state index in [2.05, 4.69) is 29.5 Å². The third kappa shape index (κ3) is 5.95. The predicted molar refractivity (Wildman–Crippen MR) is 98.2 cm³/mol. The maximum atomic E-state index is 5.98. The normalized spacial score (nSPS) is 17.0. The van der Waals surface area contributed by atoms with Crippen LogP contribution >= 0.6 is 11.8 Å². The highest BCUT2D eigenvalue weighted by molar-refractivity contribution is 7.99. The zero-order valence-corrected chi connectivity index (χ0v) is 16.0. The Morgan fingerprint density at radius 2 is 2.05 bits per heavy atom. The van der Waals surface area contributed by atoms with Crippen molar-refractivity contribution in [3.05, 3.63) is 11.9 Å². The van der Waals surface area contributed by atoms with Gasteiger partial charge in [-0.3, -0.25) is 4.57 Å². The quantitative estimate of drug-likeness (QED) is 0.580. The molecule has 1 saturated heterocycles. The minimum absolute atomic E-state index is 0.529. The number of anilines is 1. The fourth-order valence-corrected chi connectivity index (χ4v) is 4.14. The first kappa shape index (κ1) is 17.8. The van der Waals surface area contributed by atoms with Crippen LogP contribution in [0.5, 0.6) is 0 Å². The smallest absolute Gasteiger partial charge is 0.202 e. The van der Waals surface area contributed by atoms with Gasteiger partial charge in [0.1, 0.15) is 6.73 Å². The van der Waals surface area contributed by atoms with Gasteiger partial charge in [-0.2, -0.15) is 11.8 Å². The number of nitrogen functional groups attached to an aromatic ring is 1. The number of thioether (sulfide) groups is 1. The molecular formula is C15H30N4OSSi. The second kappa shape index (κ2) is 8.38. The van der Waals surface area contributed by atoms with Crippen molar-refractivity contribution in [1.82, 2.24) is 14.5 Å². The molecule has 0 bridgehead atoms. The molecule has 2 rings (SSSR count). The van der Waals surface area contributed by atoms with Crippen molar-refractivity contribution in [3.63, 3.8) is 0 Å². The van der Waals surface area contributed by atoms with Gasteiger partial charge < -0.3 is 15.4 Å². The number of nitrogens with zero attached hydrogens (tertiary/aromatic N) is 3. The molecule has 0 aromatic carbocycles. The van der Waals surface area contributed by atoms with Gasteiger partial charge >= 0.3 is 0 Å². The second-order valence-corrected chi connectivity index (χ2v) is 13.9. The Kier molecular flexibility index (Phi) is 6.80. The van der Waals surface area contributed by atoms with Crippen LogP contribution in [-0.4, -0.2) is 60.3 Å². The maximum Gasteiger partial charge on any atom is 0.202 e. The van der Waals surface area contributed by atoms with Gasteiger partial charge in [-0.25, -0.2) is 4.98 Å². The maximum absolute atomic E-state index is 5.98. The lowest BCUT2D eigenvalue weighted by Crippen LogP contribution is -2.34. The van der Waals surface area contributed by atoms with Crippen LogP contribution in [0.25, 0.3) is 0 Å². The van der Waals surface area contributed by atoms with Crippen molar-refractivity contribution in [1.29, 1.82) is 0 Å². The van der Waals surface area contributed by atoms with E-state index in [1.165, 1.54) is 36.3 Å².